The number of halogens is 2. The smallest absolute Gasteiger partial charge is 0.126 e. The van der Waals surface area contributed by atoms with Crippen LogP contribution in [0.1, 0.15) is 5.56 Å². The van der Waals surface area contributed by atoms with Crippen LogP contribution in [0.15, 0.2) is 47.5 Å². The Bertz CT molecular complexity index is 895. The quantitative estimate of drug-likeness (QED) is 0.666. The third-order valence-corrected chi connectivity index (χ3v) is 5.58. The molecule has 0 fully saturated rings. The third-order valence-electron chi connectivity index (χ3n) is 3.70. The Kier molecular flexibility index (Phi) is 5.46. The number of aromatic amines is 1. The molecular weight excluding hydrogens is 367 g/mol. The van der Waals surface area contributed by atoms with Gasteiger partial charge in [-0.2, -0.15) is 0 Å². The van der Waals surface area contributed by atoms with Crippen molar-refractivity contribution in [1.29, 1.82) is 0 Å². The number of nitrogens with one attached hydrogen (secondary N) is 2. The van der Waals surface area contributed by atoms with E-state index in [0.717, 1.165) is 28.6 Å². The van der Waals surface area contributed by atoms with Crippen molar-refractivity contribution in [3.63, 3.8) is 0 Å². The fourth-order valence-corrected chi connectivity index (χ4v) is 3.95. The van der Waals surface area contributed by atoms with Gasteiger partial charge in [0.25, 0.3) is 0 Å². The van der Waals surface area contributed by atoms with E-state index < -0.39 is 11.0 Å². The zero-order valence-corrected chi connectivity index (χ0v) is 15.3. The topological polar surface area (TPSA) is 54.1 Å². The van der Waals surface area contributed by atoms with Crippen LogP contribution >= 0.6 is 23.2 Å². The minimum atomic E-state index is -1.41. The molecule has 3 rings (SSSR count). The third kappa shape index (κ3) is 3.75. The van der Waals surface area contributed by atoms with Gasteiger partial charge in [0, 0.05) is 28.7 Å². The number of hydrogen-bond acceptors (Lipinski definition) is 2. The number of ether oxygens (including phenoxy) is 1. The Morgan fingerprint density at radius 2 is 2.04 bits per heavy atom. The van der Waals surface area contributed by atoms with E-state index in [1.807, 2.05) is 24.4 Å². The molecule has 126 valence electrons. The van der Waals surface area contributed by atoms with Crippen molar-refractivity contribution in [2.24, 2.45) is 0 Å². The molecule has 2 N–H and O–H groups in total. The van der Waals surface area contributed by atoms with Crippen molar-refractivity contribution in [1.82, 2.24) is 9.71 Å². The lowest BCUT2D eigenvalue weighted by Gasteiger charge is -2.07. The Morgan fingerprint density at radius 1 is 1.21 bits per heavy atom. The highest BCUT2D eigenvalue weighted by atomic mass is 35.5. The Balaban J connectivity index is 1.68. The van der Waals surface area contributed by atoms with Crippen LogP contribution in [0.3, 0.4) is 0 Å². The summed E-state index contributed by atoms with van der Waals surface area (Å²) in [7, 11) is 0.238. The molecule has 1 aromatic heterocycles. The predicted molar refractivity (Wildman–Crippen MR) is 99.4 cm³/mol. The first-order chi connectivity index (χ1) is 11.6. The Morgan fingerprint density at radius 3 is 2.83 bits per heavy atom. The van der Waals surface area contributed by atoms with Gasteiger partial charge >= 0.3 is 0 Å². The average Bonchev–Trinajstić information content (AvgIpc) is 2.99. The van der Waals surface area contributed by atoms with Gasteiger partial charge in [-0.25, -0.2) is 8.93 Å². The van der Waals surface area contributed by atoms with Crippen LogP contribution in [0.2, 0.25) is 10.0 Å². The van der Waals surface area contributed by atoms with E-state index in [0.29, 0.717) is 21.5 Å². The molecule has 0 radical (unpaired) electrons. The van der Waals surface area contributed by atoms with Crippen molar-refractivity contribution in [2.75, 3.05) is 13.7 Å². The number of rotatable bonds is 6. The molecule has 7 heteroatoms. The summed E-state index contributed by atoms with van der Waals surface area (Å²) in [6.07, 6.45) is 2.68. The fraction of sp³-hybridized carbons (Fsp3) is 0.176. The summed E-state index contributed by atoms with van der Waals surface area (Å²) < 4.78 is 20.6. The van der Waals surface area contributed by atoms with Crippen molar-refractivity contribution in [3.8, 4) is 5.75 Å². The van der Waals surface area contributed by atoms with Gasteiger partial charge in [-0.3, -0.25) is 0 Å². The summed E-state index contributed by atoms with van der Waals surface area (Å²) in [5, 5.41) is 2.04. The van der Waals surface area contributed by atoms with Crippen molar-refractivity contribution >= 4 is 45.1 Å². The predicted octanol–water partition coefficient (Wildman–Crippen LogP) is 4.34. The molecule has 0 amide bonds. The molecule has 0 saturated heterocycles. The second-order valence-electron chi connectivity index (χ2n) is 5.21. The van der Waals surface area contributed by atoms with Gasteiger partial charge < -0.3 is 9.72 Å². The molecule has 4 nitrogen and oxygen atoms in total. The summed E-state index contributed by atoms with van der Waals surface area (Å²) in [4.78, 5) is 3.72. The maximum absolute atomic E-state index is 12.3. The highest BCUT2D eigenvalue weighted by Crippen LogP contribution is 2.25. The van der Waals surface area contributed by atoms with Gasteiger partial charge in [0.1, 0.15) is 16.7 Å². The largest absolute Gasteiger partial charge is 0.497 e. The lowest BCUT2D eigenvalue weighted by atomic mass is 10.1. The standard InChI is InChI=1S/C17H16Cl2N2O2S/c1-23-13-3-5-16-14(9-13)11(10-20-16)6-7-21-24(22)17-8-12(18)2-4-15(17)19/h2-5,8-10,20-21H,6-7H2,1H3. The SMILES string of the molecule is COc1ccc2[nH]cc(CCNS(=O)c3cc(Cl)ccc3Cl)c2c1. The van der Waals surface area contributed by atoms with Gasteiger partial charge in [-0.05, 0) is 48.4 Å². The van der Waals surface area contributed by atoms with Crippen molar-refractivity contribution < 1.29 is 8.95 Å². The number of aromatic nitrogens is 1. The van der Waals surface area contributed by atoms with E-state index >= 15 is 0 Å². The van der Waals surface area contributed by atoms with E-state index in [1.54, 1.807) is 25.3 Å². The number of methoxy groups -OCH3 is 1. The van der Waals surface area contributed by atoms with Crippen LogP contribution in [-0.4, -0.2) is 22.8 Å². The van der Waals surface area contributed by atoms with Gasteiger partial charge in [-0.15, -0.1) is 0 Å². The molecule has 0 aliphatic heterocycles. The number of hydrogen-bond donors (Lipinski definition) is 2. The summed E-state index contributed by atoms with van der Waals surface area (Å²) in [5.74, 6) is 0.811. The second-order valence-corrected chi connectivity index (χ2v) is 7.32. The lowest BCUT2D eigenvalue weighted by molar-refractivity contribution is 0.415. The molecule has 1 unspecified atom stereocenters. The molecule has 1 heterocycles. The first-order valence-corrected chi connectivity index (χ1v) is 9.23. The summed E-state index contributed by atoms with van der Waals surface area (Å²) >= 11 is 12.0. The molecule has 1 atom stereocenters. The number of H-pyrrole nitrogens is 1. The van der Waals surface area contributed by atoms with E-state index in [1.165, 1.54) is 0 Å². The summed E-state index contributed by atoms with van der Waals surface area (Å²) in [5.41, 5.74) is 2.18. The van der Waals surface area contributed by atoms with Crippen LogP contribution in [0, 0.1) is 0 Å². The molecule has 0 bridgehead atoms. The maximum Gasteiger partial charge on any atom is 0.126 e. The van der Waals surface area contributed by atoms with Crippen molar-refractivity contribution in [2.45, 2.75) is 11.3 Å². The van der Waals surface area contributed by atoms with E-state index in [-0.39, 0.29) is 0 Å². The van der Waals surface area contributed by atoms with Crippen LogP contribution in [0.25, 0.3) is 10.9 Å². The molecule has 2 aromatic carbocycles. The van der Waals surface area contributed by atoms with E-state index in [2.05, 4.69) is 9.71 Å². The Labute approximate surface area is 152 Å². The molecule has 0 saturated carbocycles. The van der Waals surface area contributed by atoms with Crippen LogP contribution in [0.4, 0.5) is 0 Å². The first kappa shape index (κ1) is 17.3. The molecule has 3 aromatic rings. The van der Waals surface area contributed by atoms with Crippen molar-refractivity contribution in [3.05, 3.63) is 58.2 Å². The van der Waals surface area contributed by atoms with Gasteiger partial charge in [0.05, 0.1) is 17.0 Å². The Hall–Kier alpha value is -1.53. The highest BCUT2D eigenvalue weighted by Gasteiger charge is 2.10. The zero-order chi connectivity index (χ0) is 17.1. The minimum Gasteiger partial charge on any atom is -0.497 e. The highest BCUT2D eigenvalue weighted by molar-refractivity contribution is 7.83. The van der Waals surface area contributed by atoms with E-state index in [9.17, 15) is 4.21 Å². The molecule has 0 aliphatic rings. The average molecular weight is 383 g/mol. The van der Waals surface area contributed by atoms with Crippen LogP contribution in [-0.2, 0) is 17.4 Å². The van der Waals surface area contributed by atoms with E-state index in [4.69, 9.17) is 27.9 Å². The molecule has 24 heavy (non-hydrogen) atoms. The summed E-state index contributed by atoms with van der Waals surface area (Å²) in [6, 6.07) is 10.8. The van der Waals surface area contributed by atoms with Gasteiger partial charge in [0.2, 0.25) is 0 Å². The number of fused-ring (bicyclic) bond motifs is 1. The van der Waals surface area contributed by atoms with Crippen LogP contribution in [0.5, 0.6) is 5.75 Å². The molecule has 0 spiro atoms. The fourth-order valence-electron chi connectivity index (χ4n) is 2.47. The lowest BCUT2D eigenvalue weighted by Crippen LogP contribution is -2.20. The number of benzene rings is 2. The van der Waals surface area contributed by atoms with Gasteiger partial charge in [0.15, 0.2) is 0 Å². The molecular formula is C17H16Cl2N2O2S. The van der Waals surface area contributed by atoms with Crippen LogP contribution < -0.4 is 9.46 Å². The summed E-state index contributed by atoms with van der Waals surface area (Å²) in [6.45, 7) is 0.541. The second kappa shape index (κ2) is 7.57. The maximum atomic E-state index is 12.3. The zero-order valence-electron chi connectivity index (χ0n) is 12.9. The minimum absolute atomic E-state index is 0.432. The monoisotopic (exact) mass is 382 g/mol. The normalized spacial score (nSPS) is 12.5. The first-order valence-electron chi connectivity index (χ1n) is 7.33. The van der Waals surface area contributed by atoms with Gasteiger partial charge in [-0.1, -0.05) is 23.2 Å². The molecule has 0 aliphatic carbocycles.